The summed E-state index contributed by atoms with van der Waals surface area (Å²) in [6.45, 7) is 0.730. The molecule has 0 bridgehead atoms. The van der Waals surface area contributed by atoms with Crippen LogP contribution < -0.4 is 16.4 Å². The molecule has 0 aliphatic carbocycles. The third-order valence-electron chi connectivity index (χ3n) is 3.03. The highest BCUT2D eigenvalue weighted by atomic mass is 79.9. The van der Waals surface area contributed by atoms with Crippen LogP contribution in [0.5, 0.6) is 0 Å². The molecule has 20 heavy (non-hydrogen) atoms. The predicted molar refractivity (Wildman–Crippen MR) is 85.6 cm³/mol. The lowest BCUT2D eigenvalue weighted by Crippen LogP contribution is -2.17. The Labute approximate surface area is 126 Å². The smallest absolute Gasteiger partial charge is 0.249 e. The molecular formula is C15H16BrN3O. The lowest BCUT2D eigenvalue weighted by molar-refractivity contribution is 0.0999. The second-order valence-electron chi connectivity index (χ2n) is 4.63. The number of benzene rings is 2. The number of anilines is 2. The van der Waals surface area contributed by atoms with Crippen LogP contribution >= 0.6 is 15.9 Å². The molecule has 0 spiro atoms. The van der Waals surface area contributed by atoms with E-state index in [2.05, 4.69) is 20.8 Å². The van der Waals surface area contributed by atoms with Crippen molar-refractivity contribution in [2.45, 2.75) is 6.54 Å². The molecule has 0 aliphatic heterocycles. The second kappa shape index (κ2) is 5.96. The van der Waals surface area contributed by atoms with Gasteiger partial charge in [-0.05, 0) is 51.8 Å². The number of primary amides is 1. The quantitative estimate of drug-likeness (QED) is 0.845. The maximum absolute atomic E-state index is 11.2. The maximum Gasteiger partial charge on any atom is 0.249 e. The molecule has 5 heteroatoms. The molecule has 0 radical (unpaired) electrons. The zero-order chi connectivity index (χ0) is 14.7. The number of halogens is 1. The van der Waals surface area contributed by atoms with Gasteiger partial charge >= 0.3 is 0 Å². The zero-order valence-corrected chi connectivity index (χ0v) is 12.7. The molecule has 2 aromatic carbocycles. The minimum absolute atomic E-state index is 0.443. The van der Waals surface area contributed by atoms with Crippen LogP contribution in [0, 0.1) is 0 Å². The van der Waals surface area contributed by atoms with Crippen molar-refractivity contribution in [1.29, 1.82) is 0 Å². The maximum atomic E-state index is 11.2. The topological polar surface area (TPSA) is 72.3 Å². The Hall–Kier alpha value is -2.01. The van der Waals surface area contributed by atoms with Crippen molar-refractivity contribution in [2.75, 3.05) is 17.7 Å². The number of hydrogen-bond acceptors (Lipinski definition) is 3. The fourth-order valence-corrected chi connectivity index (χ4v) is 2.56. The van der Waals surface area contributed by atoms with Crippen LogP contribution in [0.4, 0.5) is 11.4 Å². The molecule has 4 N–H and O–H groups in total. The van der Waals surface area contributed by atoms with Gasteiger partial charge in [-0.25, -0.2) is 0 Å². The molecule has 0 heterocycles. The highest BCUT2D eigenvalue weighted by Gasteiger charge is 2.09. The summed E-state index contributed by atoms with van der Waals surface area (Å²) in [7, 11) is 1.98. The Kier molecular flexibility index (Phi) is 4.29. The van der Waals surface area contributed by atoms with E-state index < -0.39 is 5.91 Å². The third-order valence-corrected chi connectivity index (χ3v) is 3.69. The number of nitrogens with two attached hydrogens (primary N) is 2. The van der Waals surface area contributed by atoms with E-state index >= 15 is 0 Å². The average Bonchev–Trinajstić information content (AvgIpc) is 2.38. The minimum Gasteiger partial charge on any atom is -0.399 e. The van der Waals surface area contributed by atoms with Gasteiger partial charge in [0.05, 0.1) is 5.56 Å². The van der Waals surface area contributed by atoms with E-state index in [1.54, 1.807) is 6.07 Å². The van der Waals surface area contributed by atoms with Gasteiger partial charge in [0, 0.05) is 29.4 Å². The summed E-state index contributed by atoms with van der Waals surface area (Å²) in [4.78, 5) is 13.3. The molecule has 0 aliphatic rings. The van der Waals surface area contributed by atoms with Crippen molar-refractivity contribution >= 4 is 33.2 Å². The summed E-state index contributed by atoms with van der Waals surface area (Å²) in [5, 5.41) is 0. The van der Waals surface area contributed by atoms with E-state index in [0.29, 0.717) is 10.0 Å². The average molecular weight is 334 g/mol. The first kappa shape index (κ1) is 14.4. The standard InChI is InChI=1S/C15H16BrN3O/c1-19(9-10-3-2-4-11(17)7-10)12-5-6-13(15(18)20)14(16)8-12/h2-8H,9,17H2,1H3,(H2,18,20). The Morgan fingerprint density at radius 1 is 1.25 bits per heavy atom. The fourth-order valence-electron chi connectivity index (χ4n) is 2.00. The fraction of sp³-hybridized carbons (Fsp3) is 0.133. The van der Waals surface area contributed by atoms with Crippen LogP contribution in [-0.2, 0) is 6.54 Å². The first-order valence-corrected chi connectivity index (χ1v) is 6.91. The third kappa shape index (κ3) is 3.30. The Balaban J connectivity index is 2.19. The first-order chi connectivity index (χ1) is 9.47. The molecule has 1 amide bonds. The van der Waals surface area contributed by atoms with Crippen LogP contribution in [0.25, 0.3) is 0 Å². The van der Waals surface area contributed by atoms with Crippen LogP contribution in [0.1, 0.15) is 15.9 Å². The molecule has 0 aromatic heterocycles. The number of rotatable bonds is 4. The highest BCUT2D eigenvalue weighted by molar-refractivity contribution is 9.10. The number of nitrogen functional groups attached to an aromatic ring is 1. The molecule has 0 saturated heterocycles. The number of nitrogens with zero attached hydrogens (tertiary/aromatic N) is 1. The van der Waals surface area contributed by atoms with Gasteiger partial charge in [-0.3, -0.25) is 4.79 Å². The van der Waals surface area contributed by atoms with Crippen LogP contribution in [0.15, 0.2) is 46.9 Å². The second-order valence-corrected chi connectivity index (χ2v) is 5.48. The molecule has 0 unspecified atom stereocenters. The molecule has 0 saturated carbocycles. The van der Waals surface area contributed by atoms with E-state index in [1.165, 1.54) is 0 Å². The monoisotopic (exact) mass is 333 g/mol. The van der Waals surface area contributed by atoms with E-state index in [1.807, 2.05) is 43.4 Å². The van der Waals surface area contributed by atoms with Crippen LogP contribution in [0.2, 0.25) is 0 Å². The number of amides is 1. The summed E-state index contributed by atoms with van der Waals surface area (Å²) < 4.78 is 0.696. The summed E-state index contributed by atoms with van der Waals surface area (Å²) in [5.41, 5.74) is 14.4. The van der Waals surface area contributed by atoms with Crippen LogP contribution in [0.3, 0.4) is 0 Å². The van der Waals surface area contributed by atoms with Gasteiger partial charge in [0.1, 0.15) is 0 Å². The lowest BCUT2D eigenvalue weighted by atomic mass is 10.1. The van der Waals surface area contributed by atoms with Gasteiger partial charge in [-0.2, -0.15) is 0 Å². The van der Waals surface area contributed by atoms with Crippen molar-refractivity contribution in [3.63, 3.8) is 0 Å². The zero-order valence-electron chi connectivity index (χ0n) is 11.1. The number of carbonyl (C=O) groups excluding carboxylic acids is 1. The van der Waals surface area contributed by atoms with E-state index in [0.717, 1.165) is 23.5 Å². The van der Waals surface area contributed by atoms with Crippen molar-refractivity contribution in [1.82, 2.24) is 0 Å². The van der Waals surface area contributed by atoms with Crippen molar-refractivity contribution < 1.29 is 4.79 Å². The van der Waals surface area contributed by atoms with Gasteiger partial charge in [-0.15, -0.1) is 0 Å². The minimum atomic E-state index is -0.443. The Bertz CT molecular complexity index is 643. The summed E-state index contributed by atoms with van der Waals surface area (Å²) in [6.07, 6.45) is 0. The van der Waals surface area contributed by atoms with Gasteiger partial charge in [-0.1, -0.05) is 12.1 Å². The van der Waals surface area contributed by atoms with Crippen molar-refractivity contribution in [3.8, 4) is 0 Å². The molecule has 0 fully saturated rings. The van der Waals surface area contributed by atoms with Gasteiger partial charge in [0.2, 0.25) is 5.91 Å². The van der Waals surface area contributed by atoms with Gasteiger partial charge in [0.15, 0.2) is 0 Å². The Morgan fingerprint density at radius 3 is 2.60 bits per heavy atom. The van der Waals surface area contributed by atoms with Gasteiger partial charge < -0.3 is 16.4 Å². The van der Waals surface area contributed by atoms with Crippen molar-refractivity contribution in [2.24, 2.45) is 5.73 Å². The molecule has 2 rings (SSSR count). The summed E-state index contributed by atoms with van der Waals surface area (Å²) in [6, 6.07) is 13.2. The molecule has 4 nitrogen and oxygen atoms in total. The van der Waals surface area contributed by atoms with Crippen LogP contribution in [-0.4, -0.2) is 13.0 Å². The SMILES string of the molecule is CN(Cc1cccc(N)c1)c1ccc(C(N)=O)c(Br)c1. The predicted octanol–water partition coefficient (Wildman–Crippen LogP) is 2.77. The van der Waals surface area contributed by atoms with E-state index in [4.69, 9.17) is 11.5 Å². The number of carbonyl (C=O) groups is 1. The first-order valence-electron chi connectivity index (χ1n) is 6.12. The van der Waals surface area contributed by atoms with Gasteiger partial charge in [0.25, 0.3) is 0 Å². The van der Waals surface area contributed by atoms with E-state index in [-0.39, 0.29) is 0 Å². The lowest BCUT2D eigenvalue weighted by Gasteiger charge is -2.20. The highest BCUT2D eigenvalue weighted by Crippen LogP contribution is 2.24. The molecule has 2 aromatic rings. The summed E-state index contributed by atoms with van der Waals surface area (Å²) >= 11 is 3.37. The molecular weight excluding hydrogens is 318 g/mol. The van der Waals surface area contributed by atoms with Crippen molar-refractivity contribution in [3.05, 3.63) is 58.1 Å². The normalized spacial score (nSPS) is 10.3. The Morgan fingerprint density at radius 2 is 2.00 bits per heavy atom. The number of hydrogen-bond donors (Lipinski definition) is 2. The van der Waals surface area contributed by atoms with E-state index in [9.17, 15) is 4.79 Å². The summed E-state index contributed by atoms with van der Waals surface area (Å²) in [5.74, 6) is -0.443. The molecule has 104 valence electrons. The molecule has 0 atom stereocenters. The largest absolute Gasteiger partial charge is 0.399 e.